The van der Waals surface area contributed by atoms with Gasteiger partial charge in [0.1, 0.15) is 24.1 Å². The number of nitrogens with zero attached hydrogens (tertiary/aromatic N) is 7. The van der Waals surface area contributed by atoms with Gasteiger partial charge in [0, 0.05) is 4.91 Å². The minimum atomic E-state index is -0.335. The van der Waals surface area contributed by atoms with Crippen molar-refractivity contribution in [1.82, 2.24) is 19.5 Å². The third-order valence-corrected chi connectivity index (χ3v) is 3.51. The van der Waals surface area contributed by atoms with Crippen LogP contribution in [0, 0.1) is 0 Å². The molecule has 0 spiro atoms. The number of fused-ring (bicyclic) bond motifs is 2. The monoisotopic (exact) mass is 274 g/mol. The molecule has 4 rings (SSSR count). The van der Waals surface area contributed by atoms with Gasteiger partial charge in [-0.1, -0.05) is 5.11 Å². The molecule has 0 unspecified atom stereocenters. The first-order chi connectivity index (χ1) is 9.79. The number of nitrogen functional groups attached to an aromatic ring is 1. The van der Waals surface area contributed by atoms with E-state index in [9.17, 15) is 0 Å². The van der Waals surface area contributed by atoms with Gasteiger partial charge in [0.25, 0.3) is 0 Å². The number of ether oxygens (including phenoxy) is 2. The van der Waals surface area contributed by atoms with E-state index in [1.165, 1.54) is 6.33 Å². The Labute approximate surface area is 112 Å². The first-order valence-electron chi connectivity index (χ1n) is 6.04. The van der Waals surface area contributed by atoms with E-state index < -0.39 is 0 Å². The zero-order valence-corrected chi connectivity index (χ0v) is 10.2. The van der Waals surface area contributed by atoms with Gasteiger partial charge in [0.15, 0.2) is 17.7 Å². The highest BCUT2D eigenvalue weighted by atomic mass is 16.7. The first-order valence-corrected chi connectivity index (χ1v) is 6.04. The molecule has 0 aromatic carbocycles. The van der Waals surface area contributed by atoms with Gasteiger partial charge in [-0.05, 0) is 5.53 Å². The summed E-state index contributed by atoms with van der Waals surface area (Å²) in [6, 6.07) is 0. The lowest BCUT2D eigenvalue weighted by atomic mass is 10.2. The zero-order valence-electron chi connectivity index (χ0n) is 10.2. The number of nitrogens with two attached hydrogens (primary N) is 1. The lowest BCUT2D eigenvalue weighted by Gasteiger charge is -2.17. The van der Waals surface area contributed by atoms with Gasteiger partial charge >= 0.3 is 0 Å². The van der Waals surface area contributed by atoms with Crippen LogP contribution in [-0.2, 0) is 9.47 Å². The Hall–Kier alpha value is -2.42. The summed E-state index contributed by atoms with van der Waals surface area (Å²) in [5.41, 5.74) is 15.2. The highest BCUT2D eigenvalue weighted by Crippen LogP contribution is 2.45. The van der Waals surface area contributed by atoms with E-state index in [-0.39, 0.29) is 31.1 Å². The van der Waals surface area contributed by atoms with Crippen molar-refractivity contribution in [1.29, 1.82) is 0 Å². The van der Waals surface area contributed by atoms with Crippen molar-refractivity contribution in [3.63, 3.8) is 0 Å². The summed E-state index contributed by atoms with van der Waals surface area (Å²) < 4.78 is 13.2. The maximum absolute atomic E-state index is 8.36. The van der Waals surface area contributed by atoms with Crippen LogP contribution in [0.25, 0.3) is 21.6 Å². The van der Waals surface area contributed by atoms with Gasteiger partial charge in [-0.25, -0.2) is 15.0 Å². The fourth-order valence-electron chi connectivity index (χ4n) is 2.54. The SMILES string of the molecule is [N-]=[N+]=NC[C@@H]1O[C@H](n2cnc3c(N)ncnc32)[C@@H]2O[C@H]21. The Morgan fingerprint density at radius 1 is 1.35 bits per heavy atom. The van der Waals surface area contributed by atoms with Gasteiger partial charge in [0.2, 0.25) is 0 Å². The minimum Gasteiger partial charge on any atom is -0.382 e. The highest BCUT2D eigenvalue weighted by Gasteiger charge is 2.58. The standard InChI is InChI=1S/C10H10N8O2/c11-8-5-9(14-2-13-8)18(3-15-5)10-7-6(20-7)4(19-10)1-16-17-12/h2-4,6-7,10H,1H2,(H2,11,13,14)/t4-,6-,7+,10-/m0/s1. The third-order valence-electron chi connectivity index (χ3n) is 3.51. The summed E-state index contributed by atoms with van der Waals surface area (Å²) in [6.07, 6.45) is 2.31. The molecule has 0 saturated carbocycles. The van der Waals surface area contributed by atoms with Crippen molar-refractivity contribution in [2.24, 2.45) is 5.11 Å². The van der Waals surface area contributed by atoms with E-state index >= 15 is 0 Å². The first kappa shape index (κ1) is 11.4. The van der Waals surface area contributed by atoms with Crippen LogP contribution >= 0.6 is 0 Å². The second kappa shape index (κ2) is 4.04. The fourth-order valence-corrected chi connectivity index (χ4v) is 2.54. The molecular weight excluding hydrogens is 264 g/mol. The number of epoxide rings is 1. The van der Waals surface area contributed by atoms with Crippen molar-refractivity contribution in [2.75, 3.05) is 12.3 Å². The van der Waals surface area contributed by atoms with Crippen LogP contribution < -0.4 is 5.73 Å². The normalized spacial score (nSPS) is 31.0. The van der Waals surface area contributed by atoms with Gasteiger partial charge in [-0.2, -0.15) is 0 Å². The molecular formula is C10H10N8O2. The molecule has 10 nitrogen and oxygen atoms in total. The largest absolute Gasteiger partial charge is 0.382 e. The van der Waals surface area contributed by atoms with Crippen LogP contribution in [0.4, 0.5) is 5.82 Å². The number of aromatic nitrogens is 4. The minimum absolute atomic E-state index is 0.0397. The average molecular weight is 274 g/mol. The smallest absolute Gasteiger partial charge is 0.167 e. The Balaban J connectivity index is 1.68. The molecule has 2 saturated heterocycles. The van der Waals surface area contributed by atoms with Crippen molar-refractivity contribution in [3.05, 3.63) is 23.1 Å². The molecule has 2 aromatic heterocycles. The summed E-state index contributed by atoms with van der Waals surface area (Å²) in [5.74, 6) is 0.325. The molecule has 20 heavy (non-hydrogen) atoms. The van der Waals surface area contributed by atoms with Gasteiger partial charge in [-0.3, -0.25) is 4.57 Å². The van der Waals surface area contributed by atoms with Crippen molar-refractivity contribution < 1.29 is 9.47 Å². The van der Waals surface area contributed by atoms with Crippen molar-refractivity contribution in [3.8, 4) is 0 Å². The van der Waals surface area contributed by atoms with E-state index in [0.29, 0.717) is 17.0 Å². The Bertz CT molecular complexity index is 723. The molecule has 4 heterocycles. The quantitative estimate of drug-likeness (QED) is 0.371. The second-order valence-electron chi connectivity index (χ2n) is 4.63. The second-order valence-corrected chi connectivity index (χ2v) is 4.63. The molecule has 0 radical (unpaired) electrons. The van der Waals surface area contributed by atoms with Crippen molar-refractivity contribution in [2.45, 2.75) is 24.5 Å². The molecule has 0 aliphatic carbocycles. The van der Waals surface area contributed by atoms with E-state index in [1.54, 1.807) is 10.9 Å². The zero-order chi connectivity index (χ0) is 13.7. The third kappa shape index (κ3) is 1.53. The van der Waals surface area contributed by atoms with Gasteiger partial charge in [0.05, 0.1) is 19.0 Å². The summed E-state index contributed by atoms with van der Waals surface area (Å²) in [5, 5.41) is 3.53. The maximum Gasteiger partial charge on any atom is 0.167 e. The predicted molar refractivity (Wildman–Crippen MR) is 66.3 cm³/mol. The summed E-state index contributed by atoms with van der Waals surface area (Å²) in [7, 11) is 0. The van der Waals surface area contributed by atoms with Crippen LogP contribution in [0.3, 0.4) is 0 Å². The van der Waals surface area contributed by atoms with E-state index in [4.69, 9.17) is 20.7 Å². The van der Waals surface area contributed by atoms with Crippen LogP contribution in [-0.4, -0.2) is 44.4 Å². The topological polar surface area (TPSA) is 140 Å². The molecule has 2 aliphatic rings. The van der Waals surface area contributed by atoms with Gasteiger partial charge in [-0.15, -0.1) is 0 Å². The number of rotatable bonds is 3. The molecule has 2 aromatic rings. The Morgan fingerprint density at radius 2 is 2.25 bits per heavy atom. The maximum atomic E-state index is 8.36. The van der Waals surface area contributed by atoms with E-state index in [1.807, 2.05) is 0 Å². The molecule has 0 amide bonds. The summed E-state index contributed by atoms with van der Waals surface area (Å²) in [4.78, 5) is 15.0. The molecule has 2 N–H and O–H groups in total. The summed E-state index contributed by atoms with van der Waals surface area (Å²) >= 11 is 0. The van der Waals surface area contributed by atoms with Crippen LogP contribution in [0.2, 0.25) is 0 Å². The molecule has 10 heteroatoms. The number of hydrogen-bond donors (Lipinski definition) is 1. The molecule has 0 bridgehead atoms. The fraction of sp³-hybridized carbons (Fsp3) is 0.500. The number of azide groups is 1. The predicted octanol–water partition coefficient (Wildman–Crippen LogP) is 0.384. The van der Waals surface area contributed by atoms with Crippen LogP contribution in [0.5, 0.6) is 0 Å². The number of imidazole rings is 1. The molecule has 102 valence electrons. The van der Waals surface area contributed by atoms with Crippen LogP contribution in [0.1, 0.15) is 6.23 Å². The van der Waals surface area contributed by atoms with Crippen molar-refractivity contribution >= 4 is 17.0 Å². The number of hydrogen-bond acceptors (Lipinski definition) is 7. The number of anilines is 1. The highest BCUT2D eigenvalue weighted by molar-refractivity contribution is 5.81. The van der Waals surface area contributed by atoms with Crippen LogP contribution in [0.15, 0.2) is 17.8 Å². The lowest BCUT2D eigenvalue weighted by Crippen LogP contribution is -2.21. The molecule has 4 atom stereocenters. The van der Waals surface area contributed by atoms with E-state index in [0.717, 1.165) is 0 Å². The Morgan fingerprint density at radius 3 is 3.10 bits per heavy atom. The Kier molecular flexibility index (Phi) is 2.30. The molecule has 2 fully saturated rings. The van der Waals surface area contributed by atoms with E-state index in [2.05, 4.69) is 25.0 Å². The molecule has 2 aliphatic heterocycles. The summed E-state index contributed by atoms with van der Waals surface area (Å²) in [6.45, 7) is 0.248. The lowest BCUT2D eigenvalue weighted by molar-refractivity contribution is -0.0605. The van der Waals surface area contributed by atoms with Gasteiger partial charge < -0.3 is 15.2 Å². The average Bonchev–Trinajstić information content (AvgIpc) is 2.99.